The summed E-state index contributed by atoms with van der Waals surface area (Å²) < 4.78 is 11.8. The zero-order valence-electron chi connectivity index (χ0n) is 9.43. The molecule has 0 aromatic carbocycles. The third-order valence-electron chi connectivity index (χ3n) is 2.01. The lowest BCUT2D eigenvalue weighted by molar-refractivity contribution is -0.0986. The van der Waals surface area contributed by atoms with E-state index in [0.717, 1.165) is 18.8 Å². The van der Waals surface area contributed by atoms with Crippen molar-refractivity contribution in [2.45, 2.75) is 12.7 Å². The van der Waals surface area contributed by atoms with E-state index < -0.39 is 0 Å². The number of hydrogen-bond acceptors (Lipinski definition) is 5. The molecule has 0 radical (unpaired) electrons. The molecule has 1 aromatic heterocycles. The maximum Gasteiger partial charge on any atom is 0.169 e. The predicted molar refractivity (Wildman–Crippen MR) is 55.4 cm³/mol. The lowest BCUT2D eigenvalue weighted by atomic mass is 10.4. The molecule has 0 aliphatic rings. The summed E-state index contributed by atoms with van der Waals surface area (Å²) in [5, 5.41) is 7.38. The average Bonchev–Trinajstić information content (AvgIpc) is 2.65. The van der Waals surface area contributed by atoms with Gasteiger partial charge in [0.25, 0.3) is 0 Å². The Kier molecular flexibility index (Phi) is 5.23. The average molecular weight is 214 g/mol. The Morgan fingerprint density at radius 2 is 2.20 bits per heavy atom. The van der Waals surface area contributed by atoms with Crippen LogP contribution in [0.15, 0.2) is 6.33 Å². The summed E-state index contributed by atoms with van der Waals surface area (Å²) >= 11 is 0. The number of ether oxygens (including phenoxy) is 2. The largest absolute Gasteiger partial charge is 0.355 e. The van der Waals surface area contributed by atoms with Gasteiger partial charge in [-0.15, -0.1) is 0 Å². The van der Waals surface area contributed by atoms with Crippen molar-refractivity contribution >= 4 is 0 Å². The van der Waals surface area contributed by atoms with Crippen molar-refractivity contribution in [1.29, 1.82) is 0 Å². The molecule has 6 nitrogen and oxygen atoms in total. The number of nitrogens with zero attached hydrogens (tertiary/aromatic N) is 3. The highest BCUT2D eigenvalue weighted by Crippen LogP contribution is 1.90. The number of aryl methyl sites for hydroxylation is 1. The molecular formula is C9H18N4O2. The zero-order chi connectivity index (χ0) is 11.1. The van der Waals surface area contributed by atoms with E-state index in [9.17, 15) is 0 Å². The summed E-state index contributed by atoms with van der Waals surface area (Å²) in [6, 6.07) is 0. The molecule has 0 unspecified atom stereocenters. The lowest BCUT2D eigenvalue weighted by Gasteiger charge is -2.13. The molecule has 6 heteroatoms. The molecule has 0 aliphatic carbocycles. The Bertz CT molecular complexity index is 273. The normalized spacial score (nSPS) is 11.2. The molecular weight excluding hydrogens is 196 g/mol. The summed E-state index contributed by atoms with van der Waals surface area (Å²) in [7, 11) is 5.10. The van der Waals surface area contributed by atoms with Gasteiger partial charge in [0.05, 0.1) is 0 Å². The number of aromatic nitrogens is 3. The van der Waals surface area contributed by atoms with Crippen LogP contribution in [-0.2, 0) is 22.9 Å². The fourth-order valence-corrected chi connectivity index (χ4v) is 1.18. The molecule has 1 heterocycles. The van der Waals surface area contributed by atoms with Crippen molar-refractivity contribution in [2.75, 3.05) is 27.3 Å². The topological polar surface area (TPSA) is 61.2 Å². The quantitative estimate of drug-likeness (QED) is 0.493. The van der Waals surface area contributed by atoms with Crippen LogP contribution in [0.4, 0.5) is 0 Å². The Morgan fingerprint density at radius 1 is 1.47 bits per heavy atom. The number of hydrogen-bond donors (Lipinski definition) is 1. The minimum absolute atomic E-state index is 0.193. The first-order valence-electron chi connectivity index (χ1n) is 4.87. The summed E-state index contributed by atoms with van der Waals surface area (Å²) in [4.78, 5) is 4.12. The van der Waals surface area contributed by atoms with Gasteiger partial charge in [0.2, 0.25) is 0 Å². The van der Waals surface area contributed by atoms with Crippen molar-refractivity contribution in [3.05, 3.63) is 12.2 Å². The van der Waals surface area contributed by atoms with Gasteiger partial charge in [-0.2, -0.15) is 5.10 Å². The fraction of sp³-hybridized carbons (Fsp3) is 0.778. The van der Waals surface area contributed by atoms with Crippen molar-refractivity contribution in [2.24, 2.45) is 7.05 Å². The van der Waals surface area contributed by atoms with Crippen molar-refractivity contribution in [3.8, 4) is 0 Å². The van der Waals surface area contributed by atoms with Crippen molar-refractivity contribution in [1.82, 2.24) is 20.1 Å². The maximum absolute atomic E-state index is 5.04. The van der Waals surface area contributed by atoms with Gasteiger partial charge in [-0.05, 0) is 0 Å². The van der Waals surface area contributed by atoms with Gasteiger partial charge in [-0.1, -0.05) is 0 Å². The fourth-order valence-electron chi connectivity index (χ4n) is 1.18. The second-order valence-corrected chi connectivity index (χ2v) is 3.19. The first kappa shape index (κ1) is 12.1. The maximum atomic E-state index is 5.04. The van der Waals surface area contributed by atoms with Gasteiger partial charge in [0, 0.05) is 40.8 Å². The molecule has 0 aliphatic heterocycles. The van der Waals surface area contributed by atoms with Gasteiger partial charge in [-0.25, -0.2) is 4.98 Å². The van der Waals surface area contributed by atoms with E-state index in [1.165, 1.54) is 0 Å². The van der Waals surface area contributed by atoms with Crippen LogP contribution in [0.25, 0.3) is 0 Å². The zero-order valence-corrected chi connectivity index (χ0v) is 9.43. The Hall–Kier alpha value is -0.980. The Balaban J connectivity index is 2.11. The molecule has 15 heavy (non-hydrogen) atoms. The third-order valence-corrected chi connectivity index (χ3v) is 2.01. The van der Waals surface area contributed by atoms with Crippen LogP contribution in [0.1, 0.15) is 5.82 Å². The van der Waals surface area contributed by atoms with E-state index in [-0.39, 0.29) is 6.29 Å². The minimum atomic E-state index is -0.193. The van der Waals surface area contributed by atoms with E-state index in [4.69, 9.17) is 9.47 Å². The highest BCUT2D eigenvalue weighted by molar-refractivity contribution is 4.81. The van der Waals surface area contributed by atoms with Crippen LogP contribution >= 0.6 is 0 Å². The van der Waals surface area contributed by atoms with Crippen molar-refractivity contribution < 1.29 is 9.47 Å². The third kappa shape index (κ3) is 4.37. The van der Waals surface area contributed by atoms with Gasteiger partial charge in [0.1, 0.15) is 6.33 Å². The molecule has 0 amide bonds. The highest BCUT2D eigenvalue weighted by atomic mass is 16.7. The summed E-state index contributed by atoms with van der Waals surface area (Å²) in [5.74, 6) is 0.844. The molecule has 0 spiro atoms. The predicted octanol–water partition coefficient (Wildman–Crippen LogP) is -0.434. The number of nitrogens with one attached hydrogen (secondary N) is 1. The van der Waals surface area contributed by atoms with Crippen LogP contribution in [0.3, 0.4) is 0 Å². The number of methoxy groups -OCH3 is 2. The molecule has 0 atom stereocenters. The molecule has 1 rings (SSSR count). The van der Waals surface area contributed by atoms with E-state index >= 15 is 0 Å². The van der Waals surface area contributed by atoms with Gasteiger partial charge in [0.15, 0.2) is 12.1 Å². The first-order chi connectivity index (χ1) is 7.26. The van der Waals surface area contributed by atoms with Crippen LogP contribution in [0.2, 0.25) is 0 Å². The standard InChI is InChI=1S/C9H18N4O2/c1-13-7-11-8(12-13)4-5-10-6-9(14-2)15-3/h7,9-10H,4-6H2,1-3H3. The summed E-state index contributed by atoms with van der Waals surface area (Å²) in [6.07, 6.45) is 2.31. The van der Waals surface area contributed by atoms with Gasteiger partial charge in [-0.3, -0.25) is 4.68 Å². The molecule has 0 fully saturated rings. The van der Waals surface area contributed by atoms with Gasteiger partial charge < -0.3 is 14.8 Å². The van der Waals surface area contributed by atoms with E-state index in [1.54, 1.807) is 25.2 Å². The second-order valence-electron chi connectivity index (χ2n) is 3.19. The van der Waals surface area contributed by atoms with Gasteiger partial charge >= 0.3 is 0 Å². The number of rotatable bonds is 7. The second kappa shape index (κ2) is 6.49. The smallest absolute Gasteiger partial charge is 0.169 e. The SMILES string of the molecule is COC(CNCCc1ncn(C)n1)OC. The molecule has 0 saturated carbocycles. The molecule has 1 N–H and O–H groups in total. The first-order valence-corrected chi connectivity index (χ1v) is 4.87. The van der Waals surface area contributed by atoms with E-state index in [2.05, 4.69) is 15.4 Å². The summed E-state index contributed by atoms with van der Waals surface area (Å²) in [5.41, 5.74) is 0. The van der Waals surface area contributed by atoms with E-state index in [1.807, 2.05) is 7.05 Å². The Labute approximate surface area is 89.6 Å². The van der Waals surface area contributed by atoms with Crippen LogP contribution in [0, 0.1) is 0 Å². The van der Waals surface area contributed by atoms with Crippen molar-refractivity contribution in [3.63, 3.8) is 0 Å². The molecule has 1 aromatic rings. The molecule has 0 bridgehead atoms. The van der Waals surface area contributed by atoms with E-state index in [0.29, 0.717) is 6.54 Å². The summed E-state index contributed by atoms with van der Waals surface area (Å²) in [6.45, 7) is 1.48. The lowest BCUT2D eigenvalue weighted by Crippen LogP contribution is -2.31. The molecule has 86 valence electrons. The highest BCUT2D eigenvalue weighted by Gasteiger charge is 2.04. The van der Waals surface area contributed by atoms with Crippen LogP contribution < -0.4 is 5.32 Å². The monoisotopic (exact) mass is 214 g/mol. The van der Waals surface area contributed by atoms with Crippen LogP contribution in [-0.4, -0.2) is 48.4 Å². The molecule has 0 saturated heterocycles. The van der Waals surface area contributed by atoms with Crippen LogP contribution in [0.5, 0.6) is 0 Å². The minimum Gasteiger partial charge on any atom is -0.355 e. The Morgan fingerprint density at radius 3 is 2.73 bits per heavy atom.